The van der Waals surface area contributed by atoms with Crippen LogP contribution in [0.5, 0.6) is 5.75 Å². The number of hydrogen-bond donors (Lipinski definition) is 0. The monoisotopic (exact) mass is 362 g/mol. The summed E-state index contributed by atoms with van der Waals surface area (Å²) in [6.45, 7) is -0.00213. The highest BCUT2D eigenvalue weighted by atomic mass is 32.2. The lowest BCUT2D eigenvalue weighted by Crippen LogP contribution is -2.02. The van der Waals surface area contributed by atoms with Gasteiger partial charge in [-0.05, 0) is 35.4 Å². The predicted molar refractivity (Wildman–Crippen MR) is 90.3 cm³/mol. The Kier molecular flexibility index (Phi) is 4.34. The molecule has 0 spiro atoms. The van der Waals surface area contributed by atoms with Gasteiger partial charge in [0.05, 0.1) is 12.7 Å². The SMILES string of the molecule is COc1ccc(C2=C(c3ccc(S(C)(=O)=O)c(F)c3)COC2=O)cc1. The zero-order valence-corrected chi connectivity index (χ0v) is 14.4. The number of sulfone groups is 1. The summed E-state index contributed by atoms with van der Waals surface area (Å²) in [5.74, 6) is -0.727. The molecule has 0 fully saturated rings. The van der Waals surface area contributed by atoms with Crippen molar-refractivity contribution in [1.29, 1.82) is 0 Å². The van der Waals surface area contributed by atoms with E-state index < -0.39 is 21.6 Å². The summed E-state index contributed by atoms with van der Waals surface area (Å²) in [4.78, 5) is 11.7. The number of methoxy groups -OCH3 is 1. The maximum atomic E-state index is 14.2. The lowest BCUT2D eigenvalue weighted by atomic mass is 9.96. The minimum absolute atomic E-state index is 0.00213. The Labute approximate surface area is 144 Å². The van der Waals surface area contributed by atoms with Gasteiger partial charge in [0.1, 0.15) is 23.1 Å². The minimum Gasteiger partial charge on any atom is -0.497 e. The van der Waals surface area contributed by atoms with Crippen LogP contribution in [0.1, 0.15) is 11.1 Å². The van der Waals surface area contributed by atoms with Crippen LogP contribution in [0.2, 0.25) is 0 Å². The lowest BCUT2D eigenvalue weighted by Gasteiger charge is -2.07. The zero-order chi connectivity index (χ0) is 18.2. The minimum atomic E-state index is -3.66. The molecule has 25 heavy (non-hydrogen) atoms. The van der Waals surface area contributed by atoms with E-state index in [1.807, 2.05) is 0 Å². The summed E-state index contributed by atoms with van der Waals surface area (Å²) >= 11 is 0. The Hall–Kier alpha value is -2.67. The van der Waals surface area contributed by atoms with Crippen molar-refractivity contribution in [1.82, 2.24) is 0 Å². The molecule has 3 rings (SSSR count). The number of benzene rings is 2. The molecule has 0 N–H and O–H groups in total. The third-order valence-corrected chi connectivity index (χ3v) is 5.04. The van der Waals surface area contributed by atoms with Crippen molar-refractivity contribution in [2.75, 3.05) is 20.0 Å². The Morgan fingerprint density at radius 3 is 2.28 bits per heavy atom. The first kappa shape index (κ1) is 17.2. The van der Waals surface area contributed by atoms with E-state index in [9.17, 15) is 17.6 Å². The second-order valence-corrected chi connectivity index (χ2v) is 7.56. The number of hydrogen-bond acceptors (Lipinski definition) is 5. The molecule has 0 saturated carbocycles. The summed E-state index contributed by atoms with van der Waals surface area (Å²) in [5.41, 5.74) is 1.86. The number of carbonyl (C=O) groups excluding carboxylic acids is 1. The normalized spacial score (nSPS) is 14.6. The first-order valence-corrected chi connectivity index (χ1v) is 9.25. The Morgan fingerprint density at radius 1 is 1.08 bits per heavy atom. The van der Waals surface area contributed by atoms with Crippen LogP contribution in [-0.4, -0.2) is 34.4 Å². The number of esters is 1. The fourth-order valence-electron chi connectivity index (χ4n) is 2.67. The van der Waals surface area contributed by atoms with Crippen LogP contribution in [0.25, 0.3) is 11.1 Å². The molecule has 0 aliphatic carbocycles. The van der Waals surface area contributed by atoms with E-state index in [4.69, 9.17) is 9.47 Å². The molecule has 7 heteroatoms. The smallest absolute Gasteiger partial charge is 0.339 e. The highest BCUT2D eigenvalue weighted by molar-refractivity contribution is 7.90. The van der Waals surface area contributed by atoms with Gasteiger partial charge in [-0.15, -0.1) is 0 Å². The van der Waals surface area contributed by atoms with E-state index in [0.29, 0.717) is 28.0 Å². The van der Waals surface area contributed by atoms with Gasteiger partial charge in [0.15, 0.2) is 9.84 Å². The van der Waals surface area contributed by atoms with Crippen molar-refractivity contribution in [3.63, 3.8) is 0 Å². The molecular weight excluding hydrogens is 347 g/mol. The maximum absolute atomic E-state index is 14.2. The van der Waals surface area contributed by atoms with E-state index in [2.05, 4.69) is 0 Å². The average Bonchev–Trinajstić information content (AvgIpc) is 2.95. The third-order valence-electron chi connectivity index (χ3n) is 3.91. The van der Waals surface area contributed by atoms with Crippen LogP contribution in [-0.2, 0) is 19.4 Å². The molecule has 0 aromatic heterocycles. The van der Waals surface area contributed by atoms with E-state index >= 15 is 0 Å². The molecule has 0 atom stereocenters. The van der Waals surface area contributed by atoms with Crippen LogP contribution < -0.4 is 4.74 Å². The van der Waals surface area contributed by atoms with Crippen molar-refractivity contribution in [2.45, 2.75) is 4.90 Å². The summed E-state index contributed by atoms with van der Waals surface area (Å²) in [7, 11) is -2.12. The first-order chi connectivity index (χ1) is 11.8. The predicted octanol–water partition coefficient (Wildman–Crippen LogP) is 2.71. The number of ether oxygens (including phenoxy) is 2. The Morgan fingerprint density at radius 2 is 1.72 bits per heavy atom. The fraction of sp³-hybridized carbons (Fsp3) is 0.167. The van der Waals surface area contributed by atoms with Crippen LogP contribution in [0.15, 0.2) is 47.4 Å². The van der Waals surface area contributed by atoms with Gasteiger partial charge in [-0.2, -0.15) is 0 Å². The molecule has 2 aromatic rings. The average molecular weight is 362 g/mol. The quantitative estimate of drug-likeness (QED) is 0.782. The van der Waals surface area contributed by atoms with E-state index in [0.717, 1.165) is 12.3 Å². The molecule has 130 valence electrons. The molecule has 1 heterocycles. The standard InChI is InChI=1S/C18H15FO5S/c1-23-13-6-3-11(4-7-13)17-14(10-24-18(17)20)12-5-8-16(15(19)9-12)25(2,21)22/h3-9H,10H2,1-2H3. The van der Waals surface area contributed by atoms with E-state index in [1.54, 1.807) is 24.3 Å². The molecule has 0 radical (unpaired) electrons. The van der Waals surface area contributed by atoms with Gasteiger partial charge in [0.2, 0.25) is 0 Å². The Bertz CT molecular complexity index is 975. The number of cyclic esters (lactones) is 1. The summed E-state index contributed by atoms with van der Waals surface area (Å²) in [6.07, 6.45) is 0.940. The van der Waals surface area contributed by atoms with Crippen molar-refractivity contribution in [3.05, 3.63) is 59.4 Å². The van der Waals surface area contributed by atoms with E-state index in [-0.39, 0.29) is 11.5 Å². The van der Waals surface area contributed by atoms with Gasteiger partial charge >= 0.3 is 5.97 Å². The number of halogens is 1. The highest BCUT2D eigenvalue weighted by Crippen LogP contribution is 2.34. The number of carbonyl (C=O) groups is 1. The molecule has 0 bridgehead atoms. The third kappa shape index (κ3) is 3.28. The molecule has 0 saturated heterocycles. The second-order valence-electron chi connectivity index (χ2n) is 5.58. The molecule has 5 nitrogen and oxygen atoms in total. The maximum Gasteiger partial charge on any atom is 0.339 e. The largest absolute Gasteiger partial charge is 0.497 e. The fourth-order valence-corrected chi connectivity index (χ4v) is 3.40. The van der Waals surface area contributed by atoms with Crippen LogP contribution in [0.3, 0.4) is 0 Å². The van der Waals surface area contributed by atoms with Crippen LogP contribution >= 0.6 is 0 Å². The summed E-state index contributed by atoms with van der Waals surface area (Å²) in [5, 5.41) is 0. The first-order valence-electron chi connectivity index (χ1n) is 7.36. The molecule has 1 aliphatic rings. The van der Waals surface area contributed by atoms with Crippen molar-refractivity contribution in [3.8, 4) is 5.75 Å². The Balaban J connectivity index is 2.11. The molecular formula is C18H15FO5S. The van der Waals surface area contributed by atoms with Gasteiger partial charge < -0.3 is 9.47 Å². The molecule has 2 aromatic carbocycles. The van der Waals surface area contributed by atoms with Gasteiger partial charge in [-0.1, -0.05) is 18.2 Å². The molecule has 0 amide bonds. The summed E-state index contributed by atoms with van der Waals surface area (Å²) < 4.78 is 47.5. The van der Waals surface area contributed by atoms with Gasteiger partial charge in [0.25, 0.3) is 0 Å². The van der Waals surface area contributed by atoms with Gasteiger partial charge in [-0.25, -0.2) is 17.6 Å². The second kappa shape index (κ2) is 6.33. The highest BCUT2D eigenvalue weighted by Gasteiger charge is 2.28. The van der Waals surface area contributed by atoms with Crippen LogP contribution in [0, 0.1) is 5.82 Å². The van der Waals surface area contributed by atoms with Crippen molar-refractivity contribution < 1.29 is 27.1 Å². The van der Waals surface area contributed by atoms with Crippen molar-refractivity contribution >= 4 is 27.0 Å². The topological polar surface area (TPSA) is 69.7 Å². The lowest BCUT2D eigenvalue weighted by molar-refractivity contribution is -0.133. The molecule has 1 aliphatic heterocycles. The number of rotatable bonds is 4. The molecule has 0 unspecified atom stereocenters. The van der Waals surface area contributed by atoms with Gasteiger partial charge in [0, 0.05) is 11.8 Å². The van der Waals surface area contributed by atoms with E-state index in [1.165, 1.54) is 19.2 Å². The van der Waals surface area contributed by atoms with Crippen molar-refractivity contribution in [2.24, 2.45) is 0 Å². The van der Waals surface area contributed by atoms with Crippen LogP contribution in [0.4, 0.5) is 4.39 Å². The zero-order valence-electron chi connectivity index (χ0n) is 13.6. The summed E-state index contributed by atoms with van der Waals surface area (Å²) in [6, 6.07) is 10.6. The van der Waals surface area contributed by atoms with Gasteiger partial charge in [-0.3, -0.25) is 0 Å².